The Bertz CT molecular complexity index is 1040. The summed E-state index contributed by atoms with van der Waals surface area (Å²) < 4.78 is 0. The number of hydrogen-bond donors (Lipinski definition) is 3. The summed E-state index contributed by atoms with van der Waals surface area (Å²) in [5, 5.41) is 19.5. The highest BCUT2D eigenvalue weighted by Crippen LogP contribution is 2.26. The molecule has 27 heavy (non-hydrogen) atoms. The van der Waals surface area contributed by atoms with Crippen molar-refractivity contribution in [1.82, 2.24) is 15.2 Å². The third kappa shape index (κ3) is 4.45. The molecule has 0 saturated heterocycles. The number of rotatable bonds is 6. The molecule has 8 nitrogen and oxygen atoms in total. The van der Waals surface area contributed by atoms with Crippen LogP contribution in [0.4, 0.5) is 5.69 Å². The summed E-state index contributed by atoms with van der Waals surface area (Å²) in [4.78, 5) is 38.2. The van der Waals surface area contributed by atoms with E-state index in [2.05, 4.69) is 20.5 Å². The number of H-pyrrole nitrogens is 1. The van der Waals surface area contributed by atoms with Gasteiger partial charge < -0.3 is 15.4 Å². The molecule has 0 radical (unpaired) electrons. The molecule has 138 valence electrons. The van der Waals surface area contributed by atoms with Crippen molar-refractivity contribution in [3.05, 3.63) is 62.5 Å². The van der Waals surface area contributed by atoms with Gasteiger partial charge in [-0.2, -0.15) is 0 Å². The number of aromatic amines is 1. The van der Waals surface area contributed by atoms with E-state index in [1.54, 1.807) is 13.0 Å². The lowest BCUT2D eigenvalue weighted by Gasteiger charge is -2.10. The number of carbonyl (C=O) groups is 2. The maximum absolute atomic E-state index is 12.5. The Hall–Kier alpha value is -3.33. The number of carbonyl (C=O) groups excluding carboxylic acids is 1. The fraction of sp³-hybridized carbons (Fsp3) is 0.167. The minimum absolute atomic E-state index is 0.0642. The van der Waals surface area contributed by atoms with Gasteiger partial charge in [-0.3, -0.25) is 14.4 Å². The number of carboxylic acid groups (broad SMARTS) is 1. The lowest BCUT2D eigenvalue weighted by atomic mass is 10.0. The van der Waals surface area contributed by atoms with Gasteiger partial charge in [-0.25, -0.2) is 0 Å². The molecule has 0 aliphatic carbocycles. The molecule has 0 unspecified atom stereocenters. The van der Waals surface area contributed by atoms with Crippen molar-refractivity contribution in [2.24, 2.45) is 0 Å². The van der Waals surface area contributed by atoms with E-state index in [9.17, 15) is 14.4 Å². The first kappa shape index (κ1) is 18.5. The number of aromatic nitrogens is 3. The fourth-order valence-corrected chi connectivity index (χ4v) is 3.22. The summed E-state index contributed by atoms with van der Waals surface area (Å²) in [6.45, 7) is 1.76. The highest BCUT2D eigenvalue weighted by atomic mass is 32.1. The van der Waals surface area contributed by atoms with Gasteiger partial charge in [-0.1, -0.05) is 41.7 Å². The molecule has 1 aromatic carbocycles. The summed E-state index contributed by atoms with van der Waals surface area (Å²) in [5.41, 5.74) is 1.77. The van der Waals surface area contributed by atoms with Gasteiger partial charge in [0.2, 0.25) is 5.01 Å². The number of nitrogens with one attached hydrogen (secondary N) is 2. The molecule has 0 bridgehead atoms. The summed E-state index contributed by atoms with van der Waals surface area (Å²) in [5.74, 6) is -1.52. The Balaban J connectivity index is 1.88. The van der Waals surface area contributed by atoms with E-state index >= 15 is 0 Å². The van der Waals surface area contributed by atoms with Gasteiger partial charge in [0, 0.05) is 17.7 Å². The molecule has 0 atom stereocenters. The number of aliphatic carboxylic acids is 1. The van der Waals surface area contributed by atoms with E-state index in [1.165, 1.54) is 0 Å². The molecule has 9 heteroatoms. The van der Waals surface area contributed by atoms with Crippen LogP contribution in [0.5, 0.6) is 0 Å². The highest BCUT2D eigenvalue weighted by Gasteiger charge is 2.18. The van der Waals surface area contributed by atoms with E-state index in [0.717, 1.165) is 16.9 Å². The lowest BCUT2D eigenvalue weighted by molar-refractivity contribution is -0.136. The van der Waals surface area contributed by atoms with Crippen LogP contribution >= 0.6 is 11.3 Å². The van der Waals surface area contributed by atoms with Crippen LogP contribution in [0, 0.1) is 6.92 Å². The van der Waals surface area contributed by atoms with E-state index in [-0.39, 0.29) is 23.5 Å². The molecular weight excluding hydrogens is 368 g/mol. The molecule has 3 aromatic rings. The minimum Gasteiger partial charge on any atom is -0.481 e. The first-order valence-electron chi connectivity index (χ1n) is 8.09. The second-order valence-corrected chi connectivity index (χ2v) is 6.85. The molecule has 2 heterocycles. The Morgan fingerprint density at radius 1 is 1.22 bits per heavy atom. The zero-order chi connectivity index (χ0) is 19.4. The summed E-state index contributed by atoms with van der Waals surface area (Å²) in [7, 11) is 0. The van der Waals surface area contributed by atoms with Crippen molar-refractivity contribution in [3.63, 3.8) is 0 Å². The predicted molar refractivity (Wildman–Crippen MR) is 101 cm³/mol. The molecule has 0 spiro atoms. The van der Waals surface area contributed by atoms with Crippen molar-refractivity contribution in [2.75, 3.05) is 5.32 Å². The zero-order valence-electron chi connectivity index (χ0n) is 14.4. The highest BCUT2D eigenvalue weighted by molar-refractivity contribution is 7.13. The average molecular weight is 384 g/mol. The van der Waals surface area contributed by atoms with Crippen LogP contribution in [0.15, 0.2) is 41.2 Å². The number of hydrogen-bond acceptors (Lipinski definition) is 6. The van der Waals surface area contributed by atoms with Crippen LogP contribution < -0.4 is 10.9 Å². The fourth-order valence-electron chi connectivity index (χ4n) is 2.49. The van der Waals surface area contributed by atoms with Crippen molar-refractivity contribution in [2.45, 2.75) is 19.8 Å². The smallest absolute Gasteiger partial charge is 0.303 e. The number of carboxylic acids is 1. The first-order valence-corrected chi connectivity index (χ1v) is 8.90. The van der Waals surface area contributed by atoms with E-state index in [0.29, 0.717) is 16.3 Å². The summed E-state index contributed by atoms with van der Waals surface area (Å²) >= 11 is 1.00. The number of aryl methyl sites for hydroxylation is 2. The van der Waals surface area contributed by atoms with Crippen LogP contribution in [-0.2, 0) is 11.2 Å². The van der Waals surface area contributed by atoms with Gasteiger partial charge in [0.15, 0.2) is 0 Å². The predicted octanol–water partition coefficient (Wildman–Crippen LogP) is 2.47. The Labute approximate surface area is 157 Å². The van der Waals surface area contributed by atoms with Crippen LogP contribution in [0.1, 0.15) is 26.9 Å². The largest absolute Gasteiger partial charge is 0.481 e. The van der Waals surface area contributed by atoms with E-state index < -0.39 is 17.4 Å². The second-order valence-electron chi connectivity index (χ2n) is 5.78. The number of anilines is 1. The molecule has 2 aromatic heterocycles. The second kappa shape index (κ2) is 7.92. The molecule has 0 fully saturated rings. The topological polar surface area (TPSA) is 125 Å². The maximum Gasteiger partial charge on any atom is 0.303 e. The SMILES string of the molecule is Cc1cc(-c2ccccc2)c(NC(=O)c2nnc(CCC(=O)O)s2)c(=O)[nH]1. The molecule has 3 N–H and O–H groups in total. The number of benzene rings is 1. The molecule has 0 aliphatic rings. The van der Waals surface area contributed by atoms with Gasteiger partial charge >= 0.3 is 5.97 Å². The van der Waals surface area contributed by atoms with Crippen molar-refractivity contribution in [3.8, 4) is 11.1 Å². The normalized spacial score (nSPS) is 10.6. The lowest BCUT2D eigenvalue weighted by Crippen LogP contribution is -2.21. The summed E-state index contributed by atoms with van der Waals surface area (Å²) in [6, 6.07) is 11.0. The monoisotopic (exact) mass is 384 g/mol. The van der Waals surface area contributed by atoms with E-state index in [4.69, 9.17) is 5.11 Å². The molecule has 1 amide bonds. The third-order valence-electron chi connectivity index (χ3n) is 3.71. The summed E-state index contributed by atoms with van der Waals surface area (Å²) in [6.07, 6.45) is 0.104. The number of amides is 1. The van der Waals surface area contributed by atoms with Crippen molar-refractivity contribution < 1.29 is 14.7 Å². The quantitative estimate of drug-likeness (QED) is 0.599. The molecule has 0 saturated carbocycles. The molecule has 3 rings (SSSR count). The Morgan fingerprint density at radius 2 is 1.96 bits per heavy atom. The van der Waals surface area contributed by atoms with Crippen LogP contribution in [0.2, 0.25) is 0 Å². The Kier molecular flexibility index (Phi) is 5.41. The first-order chi connectivity index (χ1) is 12.9. The van der Waals surface area contributed by atoms with Gasteiger partial charge in [-0.05, 0) is 18.6 Å². The van der Waals surface area contributed by atoms with Gasteiger partial charge in [0.25, 0.3) is 11.5 Å². The van der Waals surface area contributed by atoms with Gasteiger partial charge in [0.1, 0.15) is 10.7 Å². The van der Waals surface area contributed by atoms with Gasteiger partial charge in [-0.15, -0.1) is 10.2 Å². The van der Waals surface area contributed by atoms with Gasteiger partial charge in [0.05, 0.1) is 6.42 Å². The third-order valence-corrected chi connectivity index (χ3v) is 4.69. The van der Waals surface area contributed by atoms with Crippen LogP contribution in [-0.4, -0.2) is 32.2 Å². The Morgan fingerprint density at radius 3 is 2.67 bits per heavy atom. The maximum atomic E-state index is 12.5. The standard InChI is InChI=1S/C18H16N4O4S/c1-10-9-12(11-5-3-2-4-6-11)15(16(25)19-10)20-17(26)18-22-21-13(27-18)7-8-14(23)24/h2-6,9H,7-8H2,1H3,(H,19,25)(H,20,26)(H,23,24). The van der Waals surface area contributed by atoms with Crippen LogP contribution in [0.3, 0.4) is 0 Å². The van der Waals surface area contributed by atoms with Crippen LogP contribution in [0.25, 0.3) is 11.1 Å². The number of nitrogens with zero attached hydrogens (tertiary/aromatic N) is 2. The molecular formula is C18H16N4O4S. The zero-order valence-corrected chi connectivity index (χ0v) is 15.2. The number of pyridine rings is 1. The van der Waals surface area contributed by atoms with Crippen molar-refractivity contribution >= 4 is 28.9 Å². The van der Waals surface area contributed by atoms with E-state index in [1.807, 2.05) is 30.3 Å². The molecule has 0 aliphatic heterocycles. The van der Waals surface area contributed by atoms with Crippen molar-refractivity contribution in [1.29, 1.82) is 0 Å². The average Bonchev–Trinajstić information content (AvgIpc) is 3.12. The minimum atomic E-state index is -0.949.